The van der Waals surface area contributed by atoms with Gasteiger partial charge in [-0.05, 0) is 31.3 Å². The third-order valence-electron chi connectivity index (χ3n) is 3.81. The summed E-state index contributed by atoms with van der Waals surface area (Å²) in [5.74, 6) is -0.694. The molecule has 1 aromatic rings. The van der Waals surface area contributed by atoms with Crippen LogP contribution in [0.4, 0.5) is 0 Å². The number of thiophene rings is 1. The first kappa shape index (κ1) is 17.9. The van der Waals surface area contributed by atoms with E-state index in [2.05, 4.69) is 11.4 Å². The molecule has 0 spiro atoms. The number of carboxylic acids is 1. The molecule has 1 atom stereocenters. The Morgan fingerprint density at radius 3 is 3.04 bits per heavy atom. The molecule has 0 bridgehead atoms. The molecule has 7 heteroatoms. The molecule has 1 aliphatic heterocycles. The van der Waals surface area contributed by atoms with E-state index in [4.69, 9.17) is 9.84 Å². The molecule has 1 aliphatic rings. The average Bonchev–Trinajstić information content (AvgIpc) is 2.99. The van der Waals surface area contributed by atoms with Crippen molar-refractivity contribution in [3.05, 3.63) is 22.4 Å². The minimum Gasteiger partial charge on any atom is -0.480 e. The summed E-state index contributed by atoms with van der Waals surface area (Å²) in [6.07, 6.45) is 2.24. The second-order valence-electron chi connectivity index (χ2n) is 5.86. The first-order valence-corrected chi connectivity index (χ1v) is 8.74. The Morgan fingerprint density at radius 2 is 2.35 bits per heavy atom. The minimum atomic E-state index is -0.857. The van der Waals surface area contributed by atoms with E-state index in [1.807, 2.05) is 11.0 Å². The van der Waals surface area contributed by atoms with Gasteiger partial charge in [-0.25, -0.2) is 0 Å². The van der Waals surface area contributed by atoms with Gasteiger partial charge in [0, 0.05) is 30.9 Å². The molecule has 0 aromatic carbocycles. The predicted octanol–water partition coefficient (Wildman–Crippen LogP) is 1.31. The predicted molar refractivity (Wildman–Crippen MR) is 88.7 cm³/mol. The molecule has 1 N–H and O–H groups in total. The molecule has 0 aliphatic carbocycles. The number of aliphatic carboxylic acids is 1. The Hall–Kier alpha value is -1.44. The van der Waals surface area contributed by atoms with E-state index < -0.39 is 5.97 Å². The molecule has 2 rings (SSSR count). The summed E-state index contributed by atoms with van der Waals surface area (Å²) in [4.78, 5) is 27.9. The van der Waals surface area contributed by atoms with Crippen molar-refractivity contribution in [1.82, 2.24) is 9.80 Å². The number of hydrogen-bond donors (Lipinski definition) is 1. The number of carbonyl (C=O) groups excluding carboxylic acids is 1. The summed E-state index contributed by atoms with van der Waals surface area (Å²) >= 11 is 1.72. The largest absolute Gasteiger partial charge is 0.480 e. The van der Waals surface area contributed by atoms with Crippen molar-refractivity contribution in [1.29, 1.82) is 0 Å². The van der Waals surface area contributed by atoms with Gasteiger partial charge in [-0.1, -0.05) is 6.07 Å². The van der Waals surface area contributed by atoms with Crippen molar-refractivity contribution in [2.24, 2.45) is 0 Å². The van der Waals surface area contributed by atoms with Crippen LogP contribution in [0.1, 0.15) is 17.7 Å². The summed E-state index contributed by atoms with van der Waals surface area (Å²) in [5.41, 5.74) is 0. The van der Waals surface area contributed by atoms with Gasteiger partial charge in [0.1, 0.15) is 0 Å². The number of carbonyl (C=O) groups is 2. The van der Waals surface area contributed by atoms with Gasteiger partial charge in [0.2, 0.25) is 5.91 Å². The number of rotatable bonds is 8. The third kappa shape index (κ3) is 6.29. The number of carboxylic acid groups (broad SMARTS) is 1. The lowest BCUT2D eigenvalue weighted by Gasteiger charge is -2.34. The molecule has 0 unspecified atom stereocenters. The summed E-state index contributed by atoms with van der Waals surface area (Å²) < 4.78 is 5.65. The molecule has 1 amide bonds. The Bertz CT molecular complexity index is 506. The molecule has 128 valence electrons. The van der Waals surface area contributed by atoms with Gasteiger partial charge in [-0.2, -0.15) is 0 Å². The number of likely N-dealkylation sites (N-methyl/N-ethyl adjacent to an activating group) is 1. The van der Waals surface area contributed by atoms with Gasteiger partial charge < -0.3 is 14.7 Å². The molecule has 23 heavy (non-hydrogen) atoms. The highest BCUT2D eigenvalue weighted by molar-refractivity contribution is 7.09. The SMILES string of the molecule is CN(CC(=O)O)C[C@H]1CN(C(=O)CCCc2cccs2)CCO1. The zero-order valence-corrected chi connectivity index (χ0v) is 14.3. The van der Waals surface area contributed by atoms with Crippen molar-refractivity contribution in [2.45, 2.75) is 25.4 Å². The van der Waals surface area contributed by atoms with Gasteiger partial charge in [-0.15, -0.1) is 11.3 Å². The van der Waals surface area contributed by atoms with Crippen LogP contribution in [0.3, 0.4) is 0 Å². The van der Waals surface area contributed by atoms with Crippen molar-refractivity contribution in [3.63, 3.8) is 0 Å². The van der Waals surface area contributed by atoms with E-state index in [9.17, 15) is 9.59 Å². The van der Waals surface area contributed by atoms with Crippen LogP contribution in [-0.2, 0) is 20.7 Å². The van der Waals surface area contributed by atoms with E-state index in [0.29, 0.717) is 32.7 Å². The smallest absolute Gasteiger partial charge is 0.317 e. The number of amides is 1. The maximum absolute atomic E-state index is 12.3. The Kier molecular flexibility index (Phi) is 7.01. The number of hydrogen-bond acceptors (Lipinski definition) is 5. The van der Waals surface area contributed by atoms with Crippen molar-refractivity contribution < 1.29 is 19.4 Å². The number of aryl methyl sites for hydroxylation is 1. The standard InChI is InChI=1S/C16H24N2O4S/c1-17(12-16(20)21)10-13-11-18(7-8-22-13)15(19)6-2-4-14-5-3-9-23-14/h3,5,9,13H,2,4,6-8,10-12H2,1H3,(H,20,21)/t13-/m0/s1. The fraction of sp³-hybridized carbons (Fsp3) is 0.625. The van der Waals surface area contributed by atoms with Crippen molar-refractivity contribution in [3.8, 4) is 0 Å². The highest BCUT2D eigenvalue weighted by Gasteiger charge is 2.25. The van der Waals surface area contributed by atoms with Crippen molar-refractivity contribution >= 4 is 23.2 Å². The topological polar surface area (TPSA) is 70.1 Å². The highest BCUT2D eigenvalue weighted by atomic mass is 32.1. The van der Waals surface area contributed by atoms with Crippen LogP contribution in [0.25, 0.3) is 0 Å². The second-order valence-corrected chi connectivity index (χ2v) is 6.89. The highest BCUT2D eigenvalue weighted by Crippen LogP contribution is 2.14. The van der Waals surface area contributed by atoms with Gasteiger partial charge in [0.05, 0.1) is 19.3 Å². The zero-order chi connectivity index (χ0) is 16.7. The fourth-order valence-electron chi connectivity index (χ4n) is 2.73. The van der Waals surface area contributed by atoms with E-state index in [-0.39, 0.29) is 18.6 Å². The average molecular weight is 340 g/mol. The molecule has 1 aromatic heterocycles. The lowest BCUT2D eigenvalue weighted by atomic mass is 10.1. The van der Waals surface area contributed by atoms with Crippen LogP contribution in [0.2, 0.25) is 0 Å². The lowest BCUT2D eigenvalue weighted by Crippen LogP contribution is -2.49. The van der Waals surface area contributed by atoms with Gasteiger partial charge in [0.15, 0.2) is 0 Å². The lowest BCUT2D eigenvalue weighted by molar-refractivity contribution is -0.142. The molecule has 0 radical (unpaired) electrons. The quantitative estimate of drug-likeness (QED) is 0.773. The molecular formula is C16H24N2O4S. The van der Waals surface area contributed by atoms with Crippen molar-refractivity contribution in [2.75, 3.05) is 39.8 Å². The second kappa shape index (κ2) is 9.00. The summed E-state index contributed by atoms with van der Waals surface area (Å²) in [7, 11) is 1.75. The maximum Gasteiger partial charge on any atom is 0.317 e. The van der Waals surface area contributed by atoms with Gasteiger partial charge in [-0.3, -0.25) is 14.5 Å². The van der Waals surface area contributed by atoms with E-state index >= 15 is 0 Å². The van der Waals surface area contributed by atoms with Crippen LogP contribution in [-0.4, -0.2) is 72.7 Å². The molecule has 0 saturated carbocycles. The summed E-state index contributed by atoms with van der Waals surface area (Å²) in [6, 6.07) is 4.13. The molecule has 6 nitrogen and oxygen atoms in total. The molecule has 1 fully saturated rings. The molecule has 2 heterocycles. The first-order chi connectivity index (χ1) is 11.0. The first-order valence-electron chi connectivity index (χ1n) is 7.86. The monoisotopic (exact) mass is 340 g/mol. The minimum absolute atomic E-state index is 0.0192. The maximum atomic E-state index is 12.3. The number of morpholine rings is 1. The molecular weight excluding hydrogens is 316 g/mol. The normalized spacial score (nSPS) is 18.3. The Morgan fingerprint density at radius 1 is 1.52 bits per heavy atom. The van der Waals surface area contributed by atoms with E-state index in [0.717, 1.165) is 12.8 Å². The Balaban J connectivity index is 1.71. The van der Waals surface area contributed by atoms with Gasteiger partial charge >= 0.3 is 5.97 Å². The van der Waals surface area contributed by atoms with E-state index in [1.165, 1.54) is 4.88 Å². The van der Waals surface area contributed by atoms with Crippen LogP contribution >= 0.6 is 11.3 Å². The summed E-state index contributed by atoms with van der Waals surface area (Å²) in [5, 5.41) is 10.8. The fourth-order valence-corrected chi connectivity index (χ4v) is 3.48. The van der Waals surface area contributed by atoms with Crippen LogP contribution in [0.5, 0.6) is 0 Å². The van der Waals surface area contributed by atoms with Gasteiger partial charge in [0.25, 0.3) is 0 Å². The molecule has 1 saturated heterocycles. The Labute approximate surface area is 140 Å². The number of ether oxygens (including phenoxy) is 1. The third-order valence-corrected chi connectivity index (χ3v) is 4.74. The van der Waals surface area contributed by atoms with Crippen LogP contribution in [0, 0.1) is 0 Å². The van der Waals surface area contributed by atoms with E-state index in [1.54, 1.807) is 23.3 Å². The number of nitrogens with zero attached hydrogens (tertiary/aromatic N) is 2. The van der Waals surface area contributed by atoms with Crippen LogP contribution in [0.15, 0.2) is 17.5 Å². The zero-order valence-electron chi connectivity index (χ0n) is 13.4. The summed E-state index contributed by atoms with van der Waals surface area (Å²) in [6.45, 7) is 2.18. The van der Waals surface area contributed by atoms with Crippen LogP contribution < -0.4 is 0 Å².